The molecule has 2 aromatic heterocycles. The van der Waals surface area contributed by atoms with Gasteiger partial charge >= 0.3 is 0 Å². The zero-order valence-corrected chi connectivity index (χ0v) is 23.0. The number of likely N-dealkylation sites (tertiary alicyclic amines) is 1. The molecule has 0 radical (unpaired) electrons. The maximum atomic E-state index is 12.1. The summed E-state index contributed by atoms with van der Waals surface area (Å²) in [6.45, 7) is 7.39. The second kappa shape index (κ2) is 10.2. The van der Waals surface area contributed by atoms with Gasteiger partial charge in [-0.3, -0.25) is 14.7 Å². The van der Waals surface area contributed by atoms with Gasteiger partial charge in [-0.15, -0.1) is 0 Å². The molecule has 9 heteroatoms. The van der Waals surface area contributed by atoms with Crippen LogP contribution in [0.25, 0.3) is 33.3 Å². The predicted molar refractivity (Wildman–Crippen MR) is 157 cm³/mol. The van der Waals surface area contributed by atoms with Gasteiger partial charge in [0.15, 0.2) is 0 Å². The highest BCUT2D eigenvalue weighted by Gasteiger charge is 2.45. The Balaban J connectivity index is 1.20. The summed E-state index contributed by atoms with van der Waals surface area (Å²) in [5.74, 6) is -0.582. The summed E-state index contributed by atoms with van der Waals surface area (Å²) in [4.78, 5) is 23.3. The number of piperidine rings is 1. The fraction of sp³-hybridized carbons (Fsp3) is 0.258. The molecule has 8 nitrogen and oxygen atoms in total. The smallest absolute Gasteiger partial charge is 0.267 e. The second-order valence-corrected chi connectivity index (χ2v) is 12.7. The van der Waals surface area contributed by atoms with Crippen molar-refractivity contribution in [1.29, 1.82) is 0 Å². The summed E-state index contributed by atoms with van der Waals surface area (Å²) in [6, 6.07) is 22.3. The molecule has 1 spiro atoms. The average Bonchev–Trinajstić information content (AvgIpc) is 2.96. The molecule has 2 N–H and O–H groups in total. The van der Waals surface area contributed by atoms with Crippen molar-refractivity contribution in [2.24, 2.45) is 11.1 Å². The van der Waals surface area contributed by atoms with E-state index in [1.807, 2.05) is 18.2 Å². The molecule has 4 aromatic rings. The van der Waals surface area contributed by atoms with Crippen LogP contribution in [0.15, 0.2) is 84.9 Å². The maximum Gasteiger partial charge on any atom is 0.267 e. The molecular formula is C31H31N5O3S. The number of sulfonamides is 1. The Morgan fingerprint density at radius 1 is 1.00 bits per heavy atom. The number of nitrogens with two attached hydrogens (primary N) is 1. The number of amides is 1. The van der Waals surface area contributed by atoms with Gasteiger partial charge in [-0.1, -0.05) is 61.2 Å². The fourth-order valence-corrected chi connectivity index (χ4v) is 6.84. The molecule has 2 aromatic carbocycles. The van der Waals surface area contributed by atoms with Gasteiger partial charge < -0.3 is 5.73 Å². The van der Waals surface area contributed by atoms with Gasteiger partial charge in [0.05, 0.1) is 11.2 Å². The van der Waals surface area contributed by atoms with Crippen molar-refractivity contribution >= 4 is 26.8 Å². The van der Waals surface area contributed by atoms with E-state index in [1.54, 1.807) is 16.6 Å². The van der Waals surface area contributed by atoms with Gasteiger partial charge in [0.2, 0.25) is 10.0 Å². The number of nitrogens with zero attached hydrogens (tertiary/aromatic N) is 4. The van der Waals surface area contributed by atoms with Crippen LogP contribution in [-0.2, 0) is 16.6 Å². The minimum absolute atomic E-state index is 0.189. The van der Waals surface area contributed by atoms with Gasteiger partial charge in [0, 0.05) is 60.8 Å². The lowest BCUT2D eigenvalue weighted by molar-refractivity contribution is -0.0392. The molecular weight excluding hydrogens is 522 g/mol. The highest BCUT2D eigenvalue weighted by Crippen LogP contribution is 2.42. The number of rotatable bonds is 7. The molecule has 0 bridgehead atoms. The Bertz CT molecular complexity index is 1690. The first kappa shape index (κ1) is 26.3. The van der Waals surface area contributed by atoms with E-state index in [4.69, 9.17) is 10.7 Å². The summed E-state index contributed by atoms with van der Waals surface area (Å²) in [5, 5.41) is 1.89. The van der Waals surface area contributed by atoms with Crippen molar-refractivity contribution in [3.05, 3.63) is 96.2 Å². The number of hydrogen-bond donors (Lipinski definition) is 1. The normalized spacial score (nSPS) is 17.5. The molecule has 0 unspecified atom stereocenters. The van der Waals surface area contributed by atoms with E-state index >= 15 is 0 Å². The van der Waals surface area contributed by atoms with Crippen molar-refractivity contribution < 1.29 is 13.2 Å². The standard InChI is InChI=1S/C31H31N5O3S/c1-2-40(38,39)36-14-12-31(13-15-36)20-35(21-31)19-22-8-10-24(11-9-22)29-26(23-6-4-3-5-7-23)16-25-18-33-28(30(32)37)17-27(25)34-29/h2-11,16-18H,1,12-15,19-21H2,(H2,32,37). The topological polar surface area (TPSA) is 109 Å². The minimum Gasteiger partial charge on any atom is -0.364 e. The van der Waals surface area contributed by atoms with Crippen LogP contribution < -0.4 is 5.73 Å². The lowest BCUT2D eigenvalue weighted by atomic mass is 9.72. The monoisotopic (exact) mass is 553 g/mol. The SMILES string of the molecule is C=CS(=O)(=O)N1CCC2(CC1)CN(Cc1ccc(-c3nc4cc(C(N)=O)ncc4cc3-c3ccccc3)cc1)C2. The number of fused-ring (bicyclic) bond motifs is 1. The number of hydrogen-bond acceptors (Lipinski definition) is 6. The third-order valence-corrected chi connectivity index (χ3v) is 9.65. The molecule has 4 heterocycles. The zero-order chi connectivity index (χ0) is 27.9. The lowest BCUT2D eigenvalue weighted by Crippen LogP contribution is -2.60. The van der Waals surface area contributed by atoms with Crippen LogP contribution in [-0.4, -0.2) is 59.7 Å². The number of benzene rings is 2. The molecule has 40 heavy (non-hydrogen) atoms. The van der Waals surface area contributed by atoms with E-state index in [9.17, 15) is 13.2 Å². The molecule has 2 fully saturated rings. The summed E-state index contributed by atoms with van der Waals surface area (Å²) in [5.41, 5.74) is 11.6. The second-order valence-electron chi connectivity index (χ2n) is 10.8. The summed E-state index contributed by atoms with van der Waals surface area (Å²) >= 11 is 0. The maximum absolute atomic E-state index is 12.1. The first-order valence-corrected chi connectivity index (χ1v) is 14.9. The highest BCUT2D eigenvalue weighted by atomic mass is 32.2. The predicted octanol–water partition coefficient (Wildman–Crippen LogP) is 4.43. The van der Waals surface area contributed by atoms with Gasteiger partial charge in [0.1, 0.15) is 5.69 Å². The minimum atomic E-state index is -3.33. The molecule has 2 aliphatic rings. The molecule has 0 aliphatic carbocycles. The van der Waals surface area contributed by atoms with E-state index in [0.717, 1.165) is 65.7 Å². The van der Waals surface area contributed by atoms with E-state index < -0.39 is 15.9 Å². The molecule has 2 saturated heterocycles. The molecule has 2 aliphatic heterocycles. The van der Waals surface area contributed by atoms with Crippen LogP contribution in [0.5, 0.6) is 0 Å². The van der Waals surface area contributed by atoms with Crippen molar-refractivity contribution in [3.8, 4) is 22.4 Å². The lowest BCUT2D eigenvalue weighted by Gasteiger charge is -2.53. The third-order valence-electron chi connectivity index (χ3n) is 8.14. The van der Waals surface area contributed by atoms with Crippen LogP contribution in [0, 0.1) is 5.41 Å². The van der Waals surface area contributed by atoms with Crippen molar-refractivity contribution in [2.45, 2.75) is 19.4 Å². The first-order valence-electron chi connectivity index (χ1n) is 13.4. The molecule has 6 rings (SSSR count). The Labute approximate surface area is 234 Å². The quantitative estimate of drug-likeness (QED) is 0.363. The number of pyridine rings is 2. The number of carbonyl (C=O) groups is 1. The summed E-state index contributed by atoms with van der Waals surface area (Å²) in [7, 11) is -3.33. The number of carbonyl (C=O) groups excluding carboxylic acids is 1. The summed E-state index contributed by atoms with van der Waals surface area (Å²) < 4.78 is 25.7. The van der Waals surface area contributed by atoms with Crippen molar-refractivity contribution in [3.63, 3.8) is 0 Å². The molecule has 1 amide bonds. The van der Waals surface area contributed by atoms with Gasteiger partial charge in [-0.05, 0) is 41.5 Å². The highest BCUT2D eigenvalue weighted by molar-refractivity contribution is 7.92. The number of aromatic nitrogens is 2. The number of primary amides is 1. The Morgan fingerprint density at radius 2 is 1.70 bits per heavy atom. The molecule has 0 atom stereocenters. The van der Waals surface area contributed by atoms with Crippen LogP contribution >= 0.6 is 0 Å². The van der Waals surface area contributed by atoms with Gasteiger partial charge in [-0.25, -0.2) is 13.4 Å². The van der Waals surface area contributed by atoms with Crippen molar-refractivity contribution in [1.82, 2.24) is 19.2 Å². The van der Waals surface area contributed by atoms with Crippen molar-refractivity contribution in [2.75, 3.05) is 26.2 Å². The Hall–Kier alpha value is -3.92. The van der Waals surface area contributed by atoms with Gasteiger partial charge in [-0.2, -0.15) is 4.31 Å². The van der Waals surface area contributed by atoms with Crippen LogP contribution in [0.1, 0.15) is 28.9 Å². The van der Waals surface area contributed by atoms with Crippen LogP contribution in [0.3, 0.4) is 0 Å². The molecule has 204 valence electrons. The first-order chi connectivity index (χ1) is 19.2. The van der Waals surface area contributed by atoms with Crippen LogP contribution in [0.2, 0.25) is 0 Å². The van der Waals surface area contributed by atoms with E-state index in [0.29, 0.717) is 18.6 Å². The third kappa shape index (κ3) is 5.03. The Kier molecular flexibility index (Phi) is 6.74. The van der Waals surface area contributed by atoms with E-state index in [2.05, 4.69) is 58.9 Å². The molecule has 0 saturated carbocycles. The Morgan fingerprint density at radius 3 is 2.35 bits per heavy atom. The summed E-state index contributed by atoms with van der Waals surface area (Å²) in [6.07, 6.45) is 3.42. The largest absolute Gasteiger partial charge is 0.364 e. The van der Waals surface area contributed by atoms with E-state index in [-0.39, 0.29) is 11.1 Å². The van der Waals surface area contributed by atoms with Crippen LogP contribution in [0.4, 0.5) is 0 Å². The average molecular weight is 554 g/mol. The zero-order valence-electron chi connectivity index (χ0n) is 22.2. The van der Waals surface area contributed by atoms with Gasteiger partial charge in [0.25, 0.3) is 5.91 Å². The van der Waals surface area contributed by atoms with E-state index in [1.165, 1.54) is 5.56 Å². The fourth-order valence-electron chi connectivity index (χ4n) is 5.94.